The van der Waals surface area contributed by atoms with Crippen LogP contribution in [0.2, 0.25) is 19.6 Å². The predicted octanol–water partition coefficient (Wildman–Crippen LogP) is 3.47. The summed E-state index contributed by atoms with van der Waals surface area (Å²) in [5.74, 6) is 4.05. The first-order valence-electron chi connectivity index (χ1n) is 5.96. The fourth-order valence-electron chi connectivity index (χ4n) is 1.68. The van der Waals surface area contributed by atoms with Crippen molar-refractivity contribution in [2.75, 3.05) is 7.11 Å². The Morgan fingerprint density at radius 3 is 2.56 bits per heavy atom. The van der Waals surface area contributed by atoms with E-state index >= 15 is 0 Å². The zero-order chi connectivity index (χ0) is 13.2. The Bertz CT molecular complexity index is 632. The van der Waals surface area contributed by atoms with Gasteiger partial charge in [-0.25, -0.2) is 0 Å². The maximum Gasteiger partial charge on any atom is 0.145 e. The number of fused-ring (bicyclic) bond motifs is 1. The molecule has 0 radical (unpaired) electrons. The number of pyridine rings is 1. The third-order valence-corrected chi connectivity index (χ3v) is 3.38. The number of nitrogens with zero attached hydrogens (tertiary/aromatic N) is 1. The van der Waals surface area contributed by atoms with Gasteiger partial charge in [0.15, 0.2) is 0 Å². The van der Waals surface area contributed by atoms with Gasteiger partial charge >= 0.3 is 0 Å². The summed E-state index contributed by atoms with van der Waals surface area (Å²) in [5.41, 5.74) is 5.16. The van der Waals surface area contributed by atoms with Crippen LogP contribution < -0.4 is 4.74 Å². The van der Waals surface area contributed by atoms with E-state index in [-0.39, 0.29) is 0 Å². The zero-order valence-electron chi connectivity index (χ0n) is 11.2. The number of hydrogen-bond acceptors (Lipinski definition) is 2. The molecule has 0 aliphatic carbocycles. The van der Waals surface area contributed by atoms with Crippen molar-refractivity contribution in [2.45, 2.75) is 19.6 Å². The maximum absolute atomic E-state index is 5.50. The minimum absolute atomic E-state index is 0.825. The molecule has 1 aromatic heterocycles. The van der Waals surface area contributed by atoms with Crippen molar-refractivity contribution in [3.8, 4) is 17.2 Å². The number of para-hydroxylation sites is 1. The summed E-state index contributed by atoms with van der Waals surface area (Å²) in [5, 5.41) is 1.02. The minimum Gasteiger partial charge on any atom is -0.495 e. The molecule has 2 rings (SSSR count). The third kappa shape index (κ3) is 2.72. The average molecular weight is 255 g/mol. The average Bonchev–Trinajstić information content (AvgIpc) is 2.34. The quantitative estimate of drug-likeness (QED) is 0.575. The van der Waals surface area contributed by atoms with Crippen LogP contribution in [0.15, 0.2) is 30.5 Å². The Labute approximate surface area is 109 Å². The molecule has 0 aliphatic rings. The van der Waals surface area contributed by atoms with Gasteiger partial charge in [0, 0.05) is 11.6 Å². The topological polar surface area (TPSA) is 22.1 Å². The standard InChI is InChI=1S/C15H17NOSi/c1-17-15-12(9-10-18(2,3)4)11-16-14-8-6-5-7-13(14)15/h5-8,11H,1-4H3. The van der Waals surface area contributed by atoms with E-state index < -0.39 is 8.07 Å². The third-order valence-electron chi connectivity index (χ3n) is 2.50. The molecule has 18 heavy (non-hydrogen) atoms. The van der Waals surface area contributed by atoms with E-state index in [1.165, 1.54) is 0 Å². The zero-order valence-corrected chi connectivity index (χ0v) is 12.2. The van der Waals surface area contributed by atoms with Gasteiger partial charge in [-0.1, -0.05) is 37.7 Å². The number of methoxy groups -OCH3 is 1. The highest BCUT2D eigenvalue weighted by Gasteiger charge is 2.10. The van der Waals surface area contributed by atoms with Crippen LogP contribution in [0.25, 0.3) is 10.9 Å². The van der Waals surface area contributed by atoms with Gasteiger partial charge in [-0.3, -0.25) is 4.98 Å². The highest BCUT2D eigenvalue weighted by Crippen LogP contribution is 2.27. The molecule has 92 valence electrons. The number of hydrogen-bond donors (Lipinski definition) is 0. The fourth-order valence-corrected chi connectivity index (χ4v) is 2.19. The SMILES string of the molecule is COc1c(C#C[Si](C)(C)C)cnc2ccccc12. The number of rotatable bonds is 1. The summed E-state index contributed by atoms with van der Waals surface area (Å²) in [6, 6.07) is 7.96. The van der Waals surface area contributed by atoms with Gasteiger partial charge in [0.25, 0.3) is 0 Å². The van der Waals surface area contributed by atoms with Crippen molar-refractivity contribution >= 4 is 19.0 Å². The maximum atomic E-state index is 5.50. The van der Waals surface area contributed by atoms with Gasteiger partial charge in [-0.2, -0.15) is 0 Å². The number of benzene rings is 1. The van der Waals surface area contributed by atoms with Crippen LogP contribution in [0.3, 0.4) is 0 Å². The van der Waals surface area contributed by atoms with Crippen molar-refractivity contribution in [1.29, 1.82) is 0 Å². The summed E-state index contributed by atoms with van der Waals surface area (Å²) < 4.78 is 5.50. The van der Waals surface area contributed by atoms with E-state index in [1.54, 1.807) is 13.3 Å². The van der Waals surface area contributed by atoms with Crippen LogP contribution in [-0.2, 0) is 0 Å². The van der Waals surface area contributed by atoms with E-state index in [4.69, 9.17) is 4.74 Å². The molecular weight excluding hydrogens is 238 g/mol. The van der Waals surface area contributed by atoms with E-state index in [0.717, 1.165) is 22.2 Å². The molecule has 0 aliphatic heterocycles. The van der Waals surface area contributed by atoms with Crippen LogP contribution >= 0.6 is 0 Å². The smallest absolute Gasteiger partial charge is 0.145 e. The minimum atomic E-state index is -1.39. The Kier molecular flexibility index (Phi) is 3.40. The second-order valence-electron chi connectivity index (χ2n) is 5.22. The molecule has 0 unspecified atom stereocenters. The van der Waals surface area contributed by atoms with Crippen LogP contribution in [0.5, 0.6) is 5.75 Å². The molecule has 1 aromatic carbocycles. The van der Waals surface area contributed by atoms with Gasteiger partial charge in [-0.15, -0.1) is 5.54 Å². The summed E-state index contributed by atoms with van der Waals surface area (Å²) in [7, 11) is 0.294. The van der Waals surface area contributed by atoms with Crippen LogP contribution in [0.4, 0.5) is 0 Å². The first-order valence-corrected chi connectivity index (χ1v) is 9.46. The number of aromatic nitrogens is 1. The highest BCUT2D eigenvalue weighted by atomic mass is 28.3. The molecule has 2 nitrogen and oxygen atoms in total. The Morgan fingerprint density at radius 1 is 1.17 bits per heavy atom. The van der Waals surface area contributed by atoms with E-state index in [1.807, 2.05) is 24.3 Å². The van der Waals surface area contributed by atoms with Gasteiger partial charge in [-0.05, 0) is 12.1 Å². The summed E-state index contributed by atoms with van der Waals surface area (Å²) >= 11 is 0. The van der Waals surface area contributed by atoms with Crippen molar-refractivity contribution in [2.24, 2.45) is 0 Å². The van der Waals surface area contributed by atoms with E-state index in [9.17, 15) is 0 Å². The first kappa shape index (κ1) is 12.7. The molecule has 3 heteroatoms. The largest absolute Gasteiger partial charge is 0.495 e. The Balaban J connectivity index is 2.61. The lowest BCUT2D eigenvalue weighted by atomic mass is 10.1. The molecule has 1 heterocycles. The van der Waals surface area contributed by atoms with Crippen LogP contribution in [0.1, 0.15) is 5.56 Å². The Morgan fingerprint density at radius 2 is 1.89 bits per heavy atom. The van der Waals surface area contributed by atoms with E-state index in [2.05, 4.69) is 36.1 Å². The van der Waals surface area contributed by atoms with Crippen LogP contribution in [0, 0.1) is 11.5 Å². The molecule has 0 atom stereocenters. The lowest BCUT2D eigenvalue weighted by molar-refractivity contribution is 0.418. The highest BCUT2D eigenvalue weighted by molar-refractivity contribution is 6.83. The summed E-state index contributed by atoms with van der Waals surface area (Å²) in [6.07, 6.45) is 1.80. The number of ether oxygens (including phenoxy) is 1. The van der Waals surface area contributed by atoms with Crippen molar-refractivity contribution in [3.05, 3.63) is 36.0 Å². The summed E-state index contributed by atoms with van der Waals surface area (Å²) in [4.78, 5) is 4.42. The fraction of sp³-hybridized carbons (Fsp3) is 0.267. The molecule has 0 fully saturated rings. The second kappa shape index (κ2) is 4.83. The summed E-state index contributed by atoms with van der Waals surface area (Å²) in [6.45, 7) is 6.67. The van der Waals surface area contributed by atoms with Gasteiger partial charge in [0.05, 0.1) is 18.2 Å². The molecule has 0 amide bonds. The normalized spacial score (nSPS) is 10.9. The van der Waals surface area contributed by atoms with Crippen molar-refractivity contribution in [1.82, 2.24) is 4.98 Å². The van der Waals surface area contributed by atoms with Gasteiger partial charge < -0.3 is 4.74 Å². The van der Waals surface area contributed by atoms with Crippen molar-refractivity contribution in [3.63, 3.8) is 0 Å². The monoisotopic (exact) mass is 255 g/mol. The molecule has 0 bridgehead atoms. The molecular formula is C15H17NOSi. The Hall–Kier alpha value is -1.79. The van der Waals surface area contributed by atoms with Gasteiger partial charge in [0.1, 0.15) is 13.8 Å². The second-order valence-corrected chi connectivity index (χ2v) is 9.97. The van der Waals surface area contributed by atoms with Crippen molar-refractivity contribution < 1.29 is 4.74 Å². The molecule has 0 spiro atoms. The lowest BCUT2D eigenvalue weighted by Crippen LogP contribution is -2.16. The molecule has 2 aromatic rings. The molecule has 0 saturated heterocycles. The molecule has 0 N–H and O–H groups in total. The van der Waals surface area contributed by atoms with Gasteiger partial charge in [0.2, 0.25) is 0 Å². The lowest BCUT2D eigenvalue weighted by Gasteiger charge is -2.08. The molecule has 0 saturated carbocycles. The van der Waals surface area contributed by atoms with E-state index in [0.29, 0.717) is 0 Å². The van der Waals surface area contributed by atoms with Crippen LogP contribution in [-0.4, -0.2) is 20.2 Å². The predicted molar refractivity (Wildman–Crippen MR) is 78.5 cm³/mol. The first-order chi connectivity index (χ1) is 8.51.